The van der Waals surface area contributed by atoms with Gasteiger partial charge in [0.25, 0.3) is 0 Å². The molecule has 0 radical (unpaired) electrons. The van der Waals surface area contributed by atoms with Crippen molar-refractivity contribution in [2.24, 2.45) is 0 Å². The van der Waals surface area contributed by atoms with Gasteiger partial charge in [0.2, 0.25) is 0 Å². The number of aryl methyl sites for hydroxylation is 1. The normalized spacial score (nSPS) is 15.2. The molecule has 0 unspecified atom stereocenters. The summed E-state index contributed by atoms with van der Waals surface area (Å²) in [6, 6.07) is 0. The van der Waals surface area contributed by atoms with Crippen LogP contribution in [0.3, 0.4) is 0 Å². The lowest BCUT2D eigenvalue weighted by Crippen LogP contribution is -2.28. The number of hydrogen-bond acceptors (Lipinski definition) is 6. The maximum Gasteiger partial charge on any atom is 0.191 e. The number of hydrogen-bond donors (Lipinski definition) is 1. The molecule has 2 aromatic rings. The van der Waals surface area contributed by atoms with Gasteiger partial charge in [-0.05, 0) is 11.5 Å². The Morgan fingerprint density at radius 2 is 2.38 bits per heavy atom. The molecule has 0 fully saturated rings. The van der Waals surface area contributed by atoms with Crippen molar-refractivity contribution in [3.05, 3.63) is 22.5 Å². The fourth-order valence-corrected chi connectivity index (χ4v) is 2.60. The summed E-state index contributed by atoms with van der Waals surface area (Å²) in [7, 11) is 0. The summed E-state index contributed by atoms with van der Waals surface area (Å²) >= 11 is 1.34. The Balaban J connectivity index is 2.15. The second-order valence-electron chi connectivity index (χ2n) is 3.60. The molecule has 0 saturated heterocycles. The number of carbonyl (C=O) groups is 1. The van der Waals surface area contributed by atoms with Crippen LogP contribution in [-0.2, 0) is 6.54 Å². The Labute approximate surface area is 95.7 Å². The number of aromatic nitrogens is 2. The van der Waals surface area contributed by atoms with Gasteiger partial charge in [0.15, 0.2) is 17.4 Å². The first-order chi connectivity index (χ1) is 7.75. The van der Waals surface area contributed by atoms with E-state index < -0.39 is 0 Å². The Morgan fingerprint density at radius 3 is 3.12 bits per heavy atom. The SMILES string of the molecule is Cc1ncc(-c2nsc3c2C(=O)CNC3)o1. The van der Waals surface area contributed by atoms with E-state index in [4.69, 9.17) is 4.42 Å². The van der Waals surface area contributed by atoms with E-state index in [2.05, 4.69) is 14.7 Å². The summed E-state index contributed by atoms with van der Waals surface area (Å²) in [4.78, 5) is 16.8. The molecule has 0 spiro atoms. The predicted octanol–water partition coefficient (Wildman–Crippen LogP) is 1.39. The lowest BCUT2D eigenvalue weighted by Gasteiger charge is -2.10. The van der Waals surface area contributed by atoms with Gasteiger partial charge in [-0.3, -0.25) is 4.79 Å². The van der Waals surface area contributed by atoms with Crippen LogP contribution in [0, 0.1) is 6.92 Å². The summed E-state index contributed by atoms with van der Waals surface area (Å²) in [5.74, 6) is 1.22. The van der Waals surface area contributed by atoms with Crippen LogP contribution in [0.5, 0.6) is 0 Å². The van der Waals surface area contributed by atoms with E-state index in [9.17, 15) is 4.79 Å². The molecule has 0 saturated carbocycles. The van der Waals surface area contributed by atoms with Crippen LogP contribution < -0.4 is 5.32 Å². The number of ketones is 1. The van der Waals surface area contributed by atoms with E-state index >= 15 is 0 Å². The van der Waals surface area contributed by atoms with Crippen molar-refractivity contribution < 1.29 is 9.21 Å². The van der Waals surface area contributed by atoms with Crippen molar-refractivity contribution in [2.45, 2.75) is 13.5 Å². The van der Waals surface area contributed by atoms with Crippen molar-refractivity contribution in [1.29, 1.82) is 0 Å². The number of nitrogens with one attached hydrogen (secondary N) is 1. The summed E-state index contributed by atoms with van der Waals surface area (Å²) < 4.78 is 9.68. The maximum absolute atomic E-state index is 11.8. The van der Waals surface area contributed by atoms with Crippen LogP contribution >= 0.6 is 11.5 Å². The molecule has 3 rings (SSSR count). The number of nitrogens with zero attached hydrogens (tertiary/aromatic N) is 2. The molecule has 16 heavy (non-hydrogen) atoms. The molecule has 6 heteroatoms. The van der Waals surface area contributed by atoms with Crippen LogP contribution in [0.25, 0.3) is 11.5 Å². The minimum Gasteiger partial charge on any atom is -0.439 e. The highest BCUT2D eigenvalue weighted by Gasteiger charge is 2.26. The number of Topliss-reactive ketones (excluding diaryl/α,β-unsaturated/α-hetero) is 1. The third-order valence-corrected chi connectivity index (χ3v) is 3.31. The highest BCUT2D eigenvalue weighted by Crippen LogP contribution is 2.30. The minimum absolute atomic E-state index is 0.0686. The lowest BCUT2D eigenvalue weighted by atomic mass is 10.0. The third-order valence-electron chi connectivity index (χ3n) is 2.47. The molecule has 1 aliphatic rings. The second kappa shape index (κ2) is 3.50. The standard InChI is InChI=1S/C10H9N3O2S/c1-5-12-3-7(15-5)10-9-6(14)2-11-4-8(9)16-13-10/h3,11H,2,4H2,1H3. The van der Waals surface area contributed by atoms with Crippen molar-refractivity contribution in [3.8, 4) is 11.5 Å². The van der Waals surface area contributed by atoms with Gasteiger partial charge in [0.1, 0.15) is 5.69 Å². The first-order valence-electron chi connectivity index (χ1n) is 4.91. The highest BCUT2D eigenvalue weighted by molar-refractivity contribution is 7.06. The van der Waals surface area contributed by atoms with E-state index in [1.807, 2.05) is 0 Å². The minimum atomic E-state index is 0.0686. The largest absolute Gasteiger partial charge is 0.439 e. The molecule has 2 aromatic heterocycles. The predicted molar refractivity (Wildman–Crippen MR) is 58.4 cm³/mol. The zero-order valence-electron chi connectivity index (χ0n) is 8.61. The zero-order valence-corrected chi connectivity index (χ0v) is 9.43. The van der Waals surface area contributed by atoms with Gasteiger partial charge < -0.3 is 9.73 Å². The molecule has 0 atom stereocenters. The zero-order chi connectivity index (χ0) is 11.1. The van der Waals surface area contributed by atoms with Crippen molar-refractivity contribution in [3.63, 3.8) is 0 Å². The Kier molecular flexibility index (Phi) is 2.12. The number of rotatable bonds is 1. The maximum atomic E-state index is 11.8. The molecule has 0 aliphatic carbocycles. The molecule has 0 bridgehead atoms. The Bertz CT molecular complexity index is 558. The topological polar surface area (TPSA) is 68.0 Å². The lowest BCUT2D eigenvalue weighted by molar-refractivity contribution is 0.0983. The van der Waals surface area contributed by atoms with Gasteiger partial charge in [-0.2, -0.15) is 4.37 Å². The van der Waals surface area contributed by atoms with Gasteiger partial charge in [-0.1, -0.05) is 0 Å². The first kappa shape index (κ1) is 9.68. The van der Waals surface area contributed by atoms with Crippen LogP contribution in [0.4, 0.5) is 0 Å². The second-order valence-corrected chi connectivity index (χ2v) is 4.46. The van der Waals surface area contributed by atoms with Crippen molar-refractivity contribution >= 4 is 17.3 Å². The third kappa shape index (κ3) is 1.38. The number of fused-ring (bicyclic) bond motifs is 1. The van der Waals surface area contributed by atoms with Gasteiger partial charge in [0, 0.05) is 13.5 Å². The quantitative estimate of drug-likeness (QED) is 0.809. The van der Waals surface area contributed by atoms with E-state index in [-0.39, 0.29) is 5.78 Å². The average Bonchev–Trinajstić information content (AvgIpc) is 2.84. The van der Waals surface area contributed by atoms with Gasteiger partial charge in [0.05, 0.1) is 23.2 Å². The van der Waals surface area contributed by atoms with Crippen LogP contribution in [0.15, 0.2) is 10.6 Å². The summed E-state index contributed by atoms with van der Waals surface area (Å²) in [6.45, 7) is 2.84. The Morgan fingerprint density at radius 1 is 1.50 bits per heavy atom. The summed E-state index contributed by atoms with van der Waals surface area (Å²) in [5.41, 5.74) is 1.33. The average molecular weight is 235 g/mol. The number of carbonyl (C=O) groups excluding carboxylic acids is 1. The van der Waals surface area contributed by atoms with Gasteiger partial charge in [-0.15, -0.1) is 0 Å². The van der Waals surface area contributed by atoms with Crippen LogP contribution in [0.1, 0.15) is 21.1 Å². The fraction of sp³-hybridized carbons (Fsp3) is 0.300. The van der Waals surface area contributed by atoms with E-state index in [1.165, 1.54) is 11.5 Å². The van der Waals surface area contributed by atoms with Crippen molar-refractivity contribution in [1.82, 2.24) is 14.7 Å². The molecular formula is C10H9N3O2S. The van der Waals surface area contributed by atoms with Gasteiger partial charge >= 0.3 is 0 Å². The van der Waals surface area contributed by atoms with Crippen LogP contribution in [-0.4, -0.2) is 21.7 Å². The highest BCUT2D eigenvalue weighted by atomic mass is 32.1. The number of oxazole rings is 1. The van der Waals surface area contributed by atoms with E-state index in [1.54, 1.807) is 13.1 Å². The van der Waals surface area contributed by atoms with Crippen molar-refractivity contribution in [2.75, 3.05) is 6.54 Å². The fourth-order valence-electron chi connectivity index (χ4n) is 1.75. The van der Waals surface area contributed by atoms with Gasteiger partial charge in [-0.25, -0.2) is 4.98 Å². The summed E-state index contributed by atoms with van der Waals surface area (Å²) in [6.07, 6.45) is 1.61. The van der Waals surface area contributed by atoms with E-state index in [0.717, 1.165) is 4.88 Å². The molecular weight excluding hydrogens is 226 g/mol. The molecule has 0 amide bonds. The first-order valence-corrected chi connectivity index (χ1v) is 5.68. The summed E-state index contributed by atoms with van der Waals surface area (Å²) in [5, 5.41) is 3.04. The molecule has 0 aromatic carbocycles. The molecule has 1 N–H and O–H groups in total. The molecule has 82 valence electrons. The van der Waals surface area contributed by atoms with Crippen LogP contribution in [0.2, 0.25) is 0 Å². The Hall–Kier alpha value is -1.53. The smallest absolute Gasteiger partial charge is 0.191 e. The molecule has 1 aliphatic heterocycles. The molecule has 5 nitrogen and oxygen atoms in total. The molecule has 3 heterocycles. The van der Waals surface area contributed by atoms with E-state index in [0.29, 0.717) is 36.0 Å². The monoisotopic (exact) mass is 235 g/mol.